The summed E-state index contributed by atoms with van der Waals surface area (Å²) in [4.78, 5) is 15.0. The molecule has 0 unspecified atom stereocenters. The summed E-state index contributed by atoms with van der Waals surface area (Å²) in [7, 11) is 0. The number of carbonyl (C=O) groups excluding carboxylic acids is 1. The van der Waals surface area contributed by atoms with Crippen molar-refractivity contribution in [2.75, 3.05) is 19.6 Å². The average molecular weight is 351 g/mol. The van der Waals surface area contributed by atoms with Gasteiger partial charge in [0.25, 0.3) is 0 Å². The normalized spacial score (nSPS) is 16.7. The van der Waals surface area contributed by atoms with E-state index in [1.165, 1.54) is 36.8 Å². The fourth-order valence-electron chi connectivity index (χ4n) is 3.71. The van der Waals surface area contributed by atoms with Crippen LogP contribution in [0.1, 0.15) is 48.4 Å². The maximum Gasteiger partial charge on any atom is 0.224 e. The van der Waals surface area contributed by atoms with Crippen molar-refractivity contribution >= 4 is 5.91 Å². The quantitative estimate of drug-likeness (QED) is 0.844. The molecule has 3 nitrogen and oxygen atoms in total. The third-order valence-corrected chi connectivity index (χ3v) is 5.24. The highest BCUT2D eigenvalue weighted by Gasteiger charge is 2.22. The van der Waals surface area contributed by atoms with Crippen LogP contribution >= 0.6 is 0 Å². The molecule has 26 heavy (non-hydrogen) atoms. The first-order valence-corrected chi connectivity index (χ1v) is 9.83. The van der Waals surface area contributed by atoms with Gasteiger partial charge >= 0.3 is 0 Å². The highest BCUT2D eigenvalue weighted by atomic mass is 16.1. The highest BCUT2D eigenvalue weighted by molar-refractivity contribution is 5.78. The van der Waals surface area contributed by atoms with Crippen LogP contribution in [0.3, 0.4) is 0 Å². The Morgan fingerprint density at radius 3 is 2.27 bits per heavy atom. The Labute approximate surface area is 157 Å². The molecule has 1 N–H and O–H groups in total. The van der Waals surface area contributed by atoms with Crippen LogP contribution < -0.4 is 5.32 Å². The summed E-state index contributed by atoms with van der Waals surface area (Å²) >= 11 is 0. The van der Waals surface area contributed by atoms with Gasteiger partial charge in [0.1, 0.15) is 0 Å². The van der Waals surface area contributed by atoms with Crippen molar-refractivity contribution in [3.05, 3.63) is 71.3 Å². The van der Waals surface area contributed by atoms with Gasteiger partial charge in [-0.25, -0.2) is 0 Å². The summed E-state index contributed by atoms with van der Waals surface area (Å²) in [5, 5.41) is 3.18. The van der Waals surface area contributed by atoms with Crippen LogP contribution in [0.25, 0.3) is 0 Å². The summed E-state index contributed by atoms with van der Waals surface area (Å²) in [5.74, 6) is 0.100. The molecule has 3 rings (SSSR count). The number of aryl methyl sites for hydroxylation is 1. The van der Waals surface area contributed by atoms with E-state index >= 15 is 0 Å². The highest BCUT2D eigenvalue weighted by Crippen LogP contribution is 2.24. The predicted octanol–water partition coefficient (Wildman–Crippen LogP) is 4.27. The largest absolute Gasteiger partial charge is 0.354 e. The number of likely N-dealkylation sites (tertiary alicyclic amines) is 1. The van der Waals surface area contributed by atoms with Gasteiger partial charge in [-0.05, 0) is 44.0 Å². The van der Waals surface area contributed by atoms with E-state index in [0.717, 1.165) is 18.7 Å². The second-order valence-corrected chi connectivity index (χ2v) is 7.34. The molecule has 1 amide bonds. The lowest BCUT2D eigenvalue weighted by Gasteiger charge is -2.31. The van der Waals surface area contributed by atoms with Crippen molar-refractivity contribution in [2.45, 2.75) is 45.1 Å². The van der Waals surface area contributed by atoms with E-state index < -0.39 is 0 Å². The van der Waals surface area contributed by atoms with E-state index in [0.29, 0.717) is 13.0 Å². The van der Waals surface area contributed by atoms with Gasteiger partial charge in [-0.2, -0.15) is 0 Å². The lowest BCUT2D eigenvalue weighted by Crippen LogP contribution is -2.39. The maximum atomic E-state index is 12.4. The summed E-state index contributed by atoms with van der Waals surface area (Å²) < 4.78 is 0. The molecule has 0 spiro atoms. The van der Waals surface area contributed by atoms with Crippen molar-refractivity contribution in [3.63, 3.8) is 0 Å². The molecule has 1 aliphatic heterocycles. The number of benzene rings is 2. The van der Waals surface area contributed by atoms with Crippen molar-refractivity contribution in [2.24, 2.45) is 0 Å². The Hall–Kier alpha value is -2.13. The first kappa shape index (κ1) is 18.7. The van der Waals surface area contributed by atoms with Crippen molar-refractivity contribution in [1.29, 1.82) is 0 Å². The standard InChI is InChI=1S/C23H30N2O/c1-19-11-13-21(14-12-19)22(25-15-7-2-3-8-16-25)18-24-23(26)17-20-9-5-4-6-10-20/h4-6,9-14,22H,2-3,7-8,15-18H2,1H3,(H,24,26)/t22-/m1/s1. The molecule has 138 valence electrons. The molecular formula is C23H30N2O. The molecule has 2 aromatic carbocycles. The van der Waals surface area contributed by atoms with E-state index in [-0.39, 0.29) is 11.9 Å². The van der Waals surface area contributed by atoms with E-state index in [1.807, 2.05) is 30.3 Å². The summed E-state index contributed by atoms with van der Waals surface area (Å²) in [6, 6.07) is 19.0. The Kier molecular flexibility index (Phi) is 6.84. The van der Waals surface area contributed by atoms with Crippen LogP contribution in [0, 0.1) is 6.92 Å². The molecule has 0 bridgehead atoms. The molecule has 1 aliphatic rings. The lowest BCUT2D eigenvalue weighted by molar-refractivity contribution is -0.120. The van der Waals surface area contributed by atoms with Crippen molar-refractivity contribution in [1.82, 2.24) is 10.2 Å². The molecule has 2 aromatic rings. The van der Waals surface area contributed by atoms with Gasteiger partial charge in [0.05, 0.1) is 12.5 Å². The molecule has 3 heteroatoms. The molecule has 0 aliphatic carbocycles. The summed E-state index contributed by atoms with van der Waals surface area (Å²) in [5.41, 5.74) is 3.64. The minimum atomic E-state index is 0.100. The van der Waals surface area contributed by atoms with Crippen molar-refractivity contribution < 1.29 is 4.79 Å². The van der Waals surface area contributed by atoms with Crippen LogP contribution in [0.15, 0.2) is 54.6 Å². The van der Waals surface area contributed by atoms with Gasteiger partial charge in [-0.3, -0.25) is 9.69 Å². The minimum absolute atomic E-state index is 0.100. The van der Waals surface area contributed by atoms with Gasteiger partial charge in [-0.15, -0.1) is 0 Å². The summed E-state index contributed by atoms with van der Waals surface area (Å²) in [6.07, 6.45) is 5.58. The minimum Gasteiger partial charge on any atom is -0.354 e. The first-order valence-electron chi connectivity index (χ1n) is 9.83. The fraction of sp³-hybridized carbons (Fsp3) is 0.435. The Bertz CT molecular complexity index is 673. The van der Waals surface area contributed by atoms with E-state index in [9.17, 15) is 4.79 Å². The second-order valence-electron chi connectivity index (χ2n) is 7.34. The molecule has 0 aromatic heterocycles. The van der Waals surface area contributed by atoms with Crippen molar-refractivity contribution in [3.8, 4) is 0 Å². The van der Waals surface area contributed by atoms with E-state index in [4.69, 9.17) is 0 Å². The fourth-order valence-corrected chi connectivity index (χ4v) is 3.71. The molecule has 0 saturated carbocycles. The molecule has 0 radical (unpaired) electrons. The predicted molar refractivity (Wildman–Crippen MR) is 107 cm³/mol. The molecule has 1 atom stereocenters. The average Bonchev–Trinajstić information content (AvgIpc) is 2.93. The number of nitrogens with one attached hydrogen (secondary N) is 1. The van der Waals surface area contributed by atoms with Crippen LogP contribution in [-0.4, -0.2) is 30.4 Å². The van der Waals surface area contributed by atoms with Crippen LogP contribution in [0.2, 0.25) is 0 Å². The van der Waals surface area contributed by atoms with E-state index in [2.05, 4.69) is 41.4 Å². The first-order chi connectivity index (χ1) is 12.7. The summed E-state index contributed by atoms with van der Waals surface area (Å²) in [6.45, 7) is 5.03. The van der Waals surface area contributed by atoms with Crippen LogP contribution in [0.5, 0.6) is 0 Å². The Morgan fingerprint density at radius 2 is 1.62 bits per heavy atom. The Morgan fingerprint density at radius 1 is 0.962 bits per heavy atom. The van der Waals surface area contributed by atoms with Gasteiger partial charge in [-0.1, -0.05) is 73.0 Å². The van der Waals surface area contributed by atoms with Gasteiger partial charge < -0.3 is 5.32 Å². The third-order valence-electron chi connectivity index (χ3n) is 5.24. The number of carbonyl (C=O) groups is 1. The lowest BCUT2D eigenvalue weighted by atomic mass is 10.0. The smallest absolute Gasteiger partial charge is 0.224 e. The number of hydrogen-bond donors (Lipinski definition) is 1. The maximum absolute atomic E-state index is 12.4. The zero-order chi connectivity index (χ0) is 18.2. The number of rotatable bonds is 6. The van der Waals surface area contributed by atoms with Gasteiger partial charge in [0.15, 0.2) is 0 Å². The topological polar surface area (TPSA) is 32.3 Å². The Balaban J connectivity index is 1.66. The second kappa shape index (κ2) is 9.54. The number of hydrogen-bond acceptors (Lipinski definition) is 2. The zero-order valence-electron chi connectivity index (χ0n) is 15.8. The number of nitrogens with zero attached hydrogens (tertiary/aromatic N) is 1. The molecule has 1 heterocycles. The molecule has 1 saturated heterocycles. The SMILES string of the molecule is Cc1ccc([C@@H](CNC(=O)Cc2ccccc2)N2CCCCCC2)cc1. The molecular weight excluding hydrogens is 320 g/mol. The van der Waals surface area contributed by atoms with Gasteiger partial charge in [0.2, 0.25) is 5.91 Å². The van der Waals surface area contributed by atoms with Crippen LogP contribution in [0.4, 0.5) is 0 Å². The number of amides is 1. The third kappa shape index (κ3) is 5.43. The molecule has 1 fully saturated rings. The van der Waals surface area contributed by atoms with Gasteiger partial charge in [0, 0.05) is 6.54 Å². The monoisotopic (exact) mass is 350 g/mol. The zero-order valence-corrected chi connectivity index (χ0v) is 15.8. The van der Waals surface area contributed by atoms with Crippen LogP contribution in [-0.2, 0) is 11.2 Å². The van der Waals surface area contributed by atoms with E-state index in [1.54, 1.807) is 0 Å².